The summed E-state index contributed by atoms with van der Waals surface area (Å²) < 4.78 is 0. The minimum Gasteiger partial charge on any atom is -0.530 e. The van der Waals surface area contributed by atoms with Crippen molar-refractivity contribution >= 4 is 12.0 Å². The van der Waals surface area contributed by atoms with E-state index in [0.29, 0.717) is 0 Å². The van der Waals surface area contributed by atoms with Crippen molar-refractivity contribution in [3.63, 3.8) is 0 Å². The number of hydrogen-bond acceptors (Lipinski definition) is 3. The molecule has 0 unspecified atom stereocenters. The van der Waals surface area contributed by atoms with E-state index in [2.05, 4.69) is 19.1 Å². The summed E-state index contributed by atoms with van der Waals surface area (Å²) >= 11 is 0. The van der Waals surface area contributed by atoms with E-state index in [0.717, 1.165) is 25.7 Å². The molecular formula is C19H34NNaO3. The van der Waals surface area contributed by atoms with Gasteiger partial charge in [-0.05, 0) is 32.1 Å². The number of unbranched alkanes of at least 4 members (excludes halogenated alkanes) is 11. The van der Waals surface area contributed by atoms with E-state index in [4.69, 9.17) is 0 Å². The average Bonchev–Trinajstić information content (AvgIpc) is 2.50. The number of allylic oxidation sites excluding steroid dienone is 2. The molecule has 5 heteroatoms. The minimum atomic E-state index is -1.51. The van der Waals surface area contributed by atoms with Gasteiger partial charge in [-0.3, -0.25) is 4.79 Å². The van der Waals surface area contributed by atoms with Gasteiger partial charge in [-0.1, -0.05) is 70.4 Å². The Morgan fingerprint density at radius 2 is 1.25 bits per heavy atom. The first-order chi connectivity index (χ1) is 11.2. The fraction of sp³-hybridized carbons (Fsp3) is 0.789. The van der Waals surface area contributed by atoms with Gasteiger partial charge in [0.25, 0.3) is 0 Å². The van der Waals surface area contributed by atoms with Gasteiger partial charge in [-0.2, -0.15) is 0 Å². The van der Waals surface area contributed by atoms with Crippen LogP contribution in [0.1, 0.15) is 96.8 Å². The predicted octanol–water partition coefficient (Wildman–Crippen LogP) is 1.49. The van der Waals surface area contributed by atoms with Crippen molar-refractivity contribution in [1.29, 1.82) is 0 Å². The summed E-state index contributed by atoms with van der Waals surface area (Å²) in [4.78, 5) is 21.2. The fourth-order valence-corrected chi connectivity index (χ4v) is 2.53. The second kappa shape index (κ2) is 20.7. The maximum atomic E-state index is 11.0. The molecule has 0 rings (SSSR count). The van der Waals surface area contributed by atoms with E-state index in [9.17, 15) is 14.7 Å². The van der Waals surface area contributed by atoms with Gasteiger partial charge in [0.2, 0.25) is 5.91 Å². The second-order valence-electron chi connectivity index (χ2n) is 6.17. The van der Waals surface area contributed by atoms with Crippen LogP contribution in [0.4, 0.5) is 4.79 Å². The summed E-state index contributed by atoms with van der Waals surface area (Å²) in [6.45, 7) is 2.25. The molecule has 0 radical (unpaired) electrons. The second-order valence-corrected chi connectivity index (χ2v) is 6.17. The molecule has 0 aromatic heterocycles. The molecule has 0 aromatic carbocycles. The molecular weight excluding hydrogens is 313 g/mol. The van der Waals surface area contributed by atoms with Crippen LogP contribution in [0.25, 0.3) is 0 Å². The van der Waals surface area contributed by atoms with E-state index < -0.39 is 12.0 Å². The van der Waals surface area contributed by atoms with Gasteiger partial charge in [0.05, 0.1) is 0 Å². The van der Waals surface area contributed by atoms with Crippen molar-refractivity contribution in [1.82, 2.24) is 5.32 Å². The van der Waals surface area contributed by atoms with Crippen molar-refractivity contribution in [2.45, 2.75) is 96.8 Å². The average molecular weight is 347 g/mol. The van der Waals surface area contributed by atoms with Crippen LogP contribution >= 0.6 is 0 Å². The Hall–Kier alpha value is -0.320. The molecule has 0 saturated carbocycles. The van der Waals surface area contributed by atoms with Crippen molar-refractivity contribution in [2.24, 2.45) is 0 Å². The number of nitrogens with one attached hydrogen (secondary N) is 1. The Labute approximate surface area is 170 Å². The molecule has 0 aliphatic carbocycles. The van der Waals surface area contributed by atoms with E-state index in [1.807, 2.05) is 0 Å². The smallest absolute Gasteiger partial charge is 0.530 e. The molecule has 0 spiro atoms. The van der Waals surface area contributed by atoms with Gasteiger partial charge in [-0.15, -0.1) is 0 Å². The van der Waals surface area contributed by atoms with Gasteiger partial charge >= 0.3 is 29.6 Å². The van der Waals surface area contributed by atoms with Crippen LogP contribution in [0.5, 0.6) is 0 Å². The number of carbonyl (C=O) groups is 2. The van der Waals surface area contributed by atoms with Crippen molar-refractivity contribution in [2.75, 3.05) is 0 Å². The van der Waals surface area contributed by atoms with Gasteiger partial charge in [0.15, 0.2) is 0 Å². The van der Waals surface area contributed by atoms with Gasteiger partial charge in [0.1, 0.15) is 6.09 Å². The summed E-state index contributed by atoms with van der Waals surface area (Å²) in [5.74, 6) is -0.456. The van der Waals surface area contributed by atoms with Gasteiger partial charge in [0, 0.05) is 6.42 Å². The van der Waals surface area contributed by atoms with Crippen LogP contribution in [0.15, 0.2) is 12.2 Å². The van der Waals surface area contributed by atoms with E-state index in [1.165, 1.54) is 57.8 Å². The molecule has 2 amide bonds. The Bertz CT molecular complexity index is 333. The molecule has 1 N–H and O–H groups in total. The maximum Gasteiger partial charge on any atom is 1.00 e. The minimum absolute atomic E-state index is 0. The fourth-order valence-electron chi connectivity index (χ4n) is 2.53. The summed E-state index contributed by atoms with van der Waals surface area (Å²) in [6, 6.07) is 0. The van der Waals surface area contributed by atoms with E-state index >= 15 is 0 Å². The zero-order valence-electron chi connectivity index (χ0n) is 15.8. The van der Waals surface area contributed by atoms with Crippen LogP contribution in [0.2, 0.25) is 0 Å². The molecule has 0 fully saturated rings. The first-order valence-electron chi connectivity index (χ1n) is 9.32. The summed E-state index contributed by atoms with van der Waals surface area (Å²) in [5, 5.41) is 11.9. The quantitative estimate of drug-likeness (QED) is 0.277. The molecule has 0 saturated heterocycles. The van der Waals surface area contributed by atoms with Crippen molar-refractivity contribution in [3.05, 3.63) is 12.2 Å². The first kappa shape index (κ1) is 25.9. The summed E-state index contributed by atoms with van der Waals surface area (Å²) in [5.41, 5.74) is 0. The number of rotatable bonds is 15. The molecule has 24 heavy (non-hydrogen) atoms. The molecule has 134 valence electrons. The topological polar surface area (TPSA) is 69.2 Å². The zero-order valence-corrected chi connectivity index (χ0v) is 17.8. The SMILES string of the molecule is CCCCCCCC/C=C\CCCCCCCC(=O)NC(=O)[O-].[Na+]. The zero-order chi connectivity index (χ0) is 17.2. The Morgan fingerprint density at radius 3 is 1.75 bits per heavy atom. The Morgan fingerprint density at radius 1 is 0.792 bits per heavy atom. The third kappa shape index (κ3) is 21.7. The molecule has 4 nitrogen and oxygen atoms in total. The first-order valence-corrected chi connectivity index (χ1v) is 9.32. The summed E-state index contributed by atoms with van der Waals surface area (Å²) in [6.07, 6.45) is 19.0. The van der Waals surface area contributed by atoms with E-state index in [1.54, 1.807) is 5.32 Å². The van der Waals surface area contributed by atoms with E-state index in [-0.39, 0.29) is 36.0 Å². The van der Waals surface area contributed by atoms with Gasteiger partial charge in [-0.25, -0.2) is 0 Å². The van der Waals surface area contributed by atoms with Crippen molar-refractivity contribution in [3.8, 4) is 0 Å². The molecule has 0 aliphatic rings. The number of imide groups is 1. The number of carbonyl (C=O) groups excluding carboxylic acids is 2. The Balaban J connectivity index is 0. The maximum absolute atomic E-state index is 11.0. The molecule has 0 aliphatic heterocycles. The predicted molar refractivity (Wildman–Crippen MR) is 93.0 cm³/mol. The van der Waals surface area contributed by atoms with Crippen molar-refractivity contribution < 1.29 is 44.3 Å². The number of amides is 2. The number of carboxylic acid groups (broad SMARTS) is 1. The third-order valence-corrected chi connectivity index (χ3v) is 3.91. The van der Waals surface area contributed by atoms with Crippen LogP contribution in [-0.2, 0) is 4.79 Å². The molecule has 0 bridgehead atoms. The summed E-state index contributed by atoms with van der Waals surface area (Å²) in [7, 11) is 0. The molecule has 0 aromatic rings. The standard InChI is InChI=1S/C19H35NO3.Na/c1-2-3-4-5-6-7-8-9-10-11-12-13-14-15-16-17-18(21)20-19(22)23;/h9-10H,2-8,11-17H2,1H3,(H,20,21)(H,22,23);/q;+1/p-1/b10-9-;. The molecule has 0 atom stereocenters. The van der Waals surface area contributed by atoms with Crippen LogP contribution < -0.4 is 40.0 Å². The van der Waals surface area contributed by atoms with Gasteiger partial charge < -0.3 is 15.2 Å². The normalized spacial score (nSPS) is 10.5. The molecule has 0 heterocycles. The van der Waals surface area contributed by atoms with Crippen LogP contribution in [0, 0.1) is 0 Å². The third-order valence-electron chi connectivity index (χ3n) is 3.91. The van der Waals surface area contributed by atoms with Crippen LogP contribution in [0.3, 0.4) is 0 Å². The monoisotopic (exact) mass is 347 g/mol. The number of hydrogen-bond donors (Lipinski definition) is 1. The van der Waals surface area contributed by atoms with Crippen LogP contribution in [-0.4, -0.2) is 12.0 Å². The Kier molecular flexibility index (Phi) is 22.4. The largest absolute Gasteiger partial charge is 1.00 e.